The van der Waals surface area contributed by atoms with Gasteiger partial charge in [0.2, 0.25) is 0 Å². The predicted molar refractivity (Wildman–Crippen MR) is 105 cm³/mol. The zero-order valence-corrected chi connectivity index (χ0v) is 16.0. The number of carbonyl (C=O) groups is 2. The molecule has 0 spiro atoms. The van der Waals surface area contributed by atoms with Gasteiger partial charge in [-0.1, -0.05) is 30.3 Å². The average molecular weight is 381 g/mol. The van der Waals surface area contributed by atoms with E-state index < -0.39 is 5.97 Å². The van der Waals surface area contributed by atoms with E-state index in [1.54, 1.807) is 43.4 Å². The molecule has 0 aromatic heterocycles. The Morgan fingerprint density at radius 2 is 1.79 bits per heavy atom. The molecule has 6 heteroatoms. The normalized spacial score (nSPS) is 13.1. The fourth-order valence-electron chi connectivity index (χ4n) is 3.10. The Kier molecular flexibility index (Phi) is 6.32. The molecular formula is C22H23NO5. The molecule has 0 saturated heterocycles. The van der Waals surface area contributed by atoms with Crippen molar-refractivity contribution in [2.45, 2.75) is 13.0 Å². The van der Waals surface area contributed by atoms with Crippen molar-refractivity contribution in [2.75, 3.05) is 27.4 Å². The van der Waals surface area contributed by atoms with Gasteiger partial charge in [0.1, 0.15) is 0 Å². The number of carbonyl (C=O) groups excluding carboxylic acids is 2. The lowest BCUT2D eigenvalue weighted by atomic mass is 10.00. The van der Waals surface area contributed by atoms with Crippen LogP contribution in [0.2, 0.25) is 0 Å². The minimum atomic E-state index is -0.569. The zero-order chi connectivity index (χ0) is 19.9. The molecule has 3 rings (SSSR count). The van der Waals surface area contributed by atoms with Crippen molar-refractivity contribution >= 4 is 18.0 Å². The van der Waals surface area contributed by atoms with Gasteiger partial charge in [-0.15, -0.1) is 0 Å². The zero-order valence-electron chi connectivity index (χ0n) is 16.0. The molecule has 1 aliphatic rings. The molecule has 1 aliphatic heterocycles. The number of amides is 1. The third kappa shape index (κ3) is 4.71. The fourth-order valence-corrected chi connectivity index (χ4v) is 3.10. The highest BCUT2D eigenvalue weighted by molar-refractivity contribution is 5.89. The van der Waals surface area contributed by atoms with E-state index in [0.717, 1.165) is 17.5 Å². The maximum Gasteiger partial charge on any atom is 0.331 e. The molecule has 0 bridgehead atoms. The summed E-state index contributed by atoms with van der Waals surface area (Å²) in [6.07, 6.45) is 3.71. The van der Waals surface area contributed by atoms with Gasteiger partial charge in [-0.05, 0) is 41.3 Å². The van der Waals surface area contributed by atoms with Crippen molar-refractivity contribution < 1.29 is 23.8 Å². The number of hydrogen-bond acceptors (Lipinski definition) is 5. The molecule has 28 heavy (non-hydrogen) atoms. The number of nitrogens with zero attached hydrogens (tertiary/aromatic N) is 1. The number of ether oxygens (including phenoxy) is 3. The number of benzene rings is 2. The van der Waals surface area contributed by atoms with Crippen molar-refractivity contribution in [3.05, 3.63) is 65.2 Å². The van der Waals surface area contributed by atoms with Gasteiger partial charge >= 0.3 is 5.97 Å². The van der Waals surface area contributed by atoms with Crippen molar-refractivity contribution in [2.24, 2.45) is 0 Å². The SMILES string of the molecule is COc1ccc(C=CC(=O)OCC(=O)N2CCc3ccccc3C2)cc1OC. The second-order valence-corrected chi connectivity index (χ2v) is 6.39. The third-order valence-corrected chi connectivity index (χ3v) is 4.64. The number of fused-ring (bicyclic) bond motifs is 1. The van der Waals surface area contributed by atoms with Crippen LogP contribution < -0.4 is 9.47 Å². The first-order valence-corrected chi connectivity index (χ1v) is 9.02. The van der Waals surface area contributed by atoms with E-state index in [9.17, 15) is 9.59 Å². The van der Waals surface area contributed by atoms with Crippen LogP contribution in [0.15, 0.2) is 48.5 Å². The largest absolute Gasteiger partial charge is 0.493 e. The number of hydrogen-bond donors (Lipinski definition) is 0. The molecule has 0 N–H and O–H groups in total. The second kappa shape index (κ2) is 9.08. The standard InChI is InChI=1S/C22H23NO5/c1-26-19-9-7-16(13-20(19)27-2)8-10-22(25)28-15-21(24)23-12-11-17-5-3-4-6-18(17)14-23/h3-10,13H,11-12,14-15H2,1-2H3. The van der Waals surface area contributed by atoms with Gasteiger partial charge in [-0.2, -0.15) is 0 Å². The van der Waals surface area contributed by atoms with E-state index in [0.29, 0.717) is 24.6 Å². The molecule has 0 saturated carbocycles. The Hall–Kier alpha value is -3.28. The highest BCUT2D eigenvalue weighted by Crippen LogP contribution is 2.28. The first-order valence-electron chi connectivity index (χ1n) is 9.02. The Bertz CT molecular complexity index is 890. The summed E-state index contributed by atoms with van der Waals surface area (Å²) in [5, 5.41) is 0. The third-order valence-electron chi connectivity index (χ3n) is 4.64. The average Bonchev–Trinajstić information content (AvgIpc) is 2.75. The van der Waals surface area contributed by atoms with Crippen LogP contribution in [0.5, 0.6) is 11.5 Å². The smallest absolute Gasteiger partial charge is 0.331 e. The summed E-state index contributed by atoms with van der Waals surface area (Å²) in [7, 11) is 3.10. The molecule has 2 aromatic rings. The Morgan fingerprint density at radius 3 is 2.54 bits per heavy atom. The molecule has 2 aromatic carbocycles. The monoisotopic (exact) mass is 381 g/mol. The Morgan fingerprint density at radius 1 is 1.04 bits per heavy atom. The molecule has 0 atom stereocenters. The van der Waals surface area contributed by atoms with Crippen LogP contribution in [0.3, 0.4) is 0 Å². The topological polar surface area (TPSA) is 65.1 Å². The summed E-state index contributed by atoms with van der Waals surface area (Å²) in [4.78, 5) is 26.0. The number of rotatable bonds is 6. The summed E-state index contributed by atoms with van der Waals surface area (Å²) in [5.41, 5.74) is 3.16. The van der Waals surface area contributed by atoms with Crippen LogP contribution in [0, 0.1) is 0 Å². The minimum Gasteiger partial charge on any atom is -0.493 e. The van der Waals surface area contributed by atoms with Crippen molar-refractivity contribution in [3.63, 3.8) is 0 Å². The quantitative estimate of drug-likeness (QED) is 0.569. The van der Waals surface area contributed by atoms with Gasteiger partial charge in [0.25, 0.3) is 5.91 Å². The molecule has 1 heterocycles. The highest BCUT2D eigenvalue weighted by Gasteiger charge is 2.20. The number of methoxy groups -OCH3 is 2. The first-order chi connectivity index (χ1) is 13.6. The van der Waals surface area contributed by atoms with Crippen LogP contribution in [0.25, 0.3) is 6.08 Å². The number of esters is 1. The van der Waals surface area contributed by atoms with Crippen molar-refractivity contribution in [1.82, 2.24) is 4.90 Å². The summed E-state index contributed by atoms with van der Waals surface area (Å²) < 4.78 is 15.5. The molecule has 0 unspecified atom stereocenters. The van der Waals surface area contributed by atoms with Crippen LogP contribution in [-0.4, -0.2) is 44.1 Å². The van der Waals surface area contributed by atoms with Gasteiger partial charge in [-0.3, -0.25) is 4.79 Å². The molecule has 6 nitrogen and oxygen atoms in total. The van der Waals surface area contributed by atoms with E-state index in [-0.39, 0.29) is 12.5 Å². The Labute approximate surface area is 164 Å². The van der Waals surface area contributed by atoms with E-state index >= 15 is 0 Å². The van der Waals surface area contributed by atoms with Crippen LogP contribution in [0.1, 0.15) is 16.7 Å². The Balaban J connectivity index is 1.52. The predicted octanol–water partition coefficient (Wildman–Crippen LogP) is 2.85. The lowest BCUT2D eigenvalue weighted by molar-refractivity contribution is -0.148. The summed E-state index contributed by atoms with van der Waals surface area (Å²) >= 11 is 0. The summed E-state index contributed by atoms with van der Waals surface area (Å²) in [5.74, 6) is 0.414. The first kappa shape index (κ1) is 19.5. The van der Waals surface area contributed by atoms with E-state index in [2.05, 4.69) is 6.07 Å². The maximum absolute atomic E-state index is 12.3. The summed E-state index contributed by atoms with van der Waals surface area (Å²) in [6, 6.07) is 13.4. The molecule has 0 radical (unpaired) electrons. The van der Waals surface area contributed by atoms with Gasteiger partial charge in [-0.25, -0.2) is 4.79 Å². The summed E-state index contributed by atoms with van der Waals surface area (Å²) in [6.45, 7) is 0.917. The van der Waals surface area contributed by atoms with Gasteiger partial charge in [0.15, 0.2) is 18.1 Å². The molecule has 0 aliphatic carbocycles. The fraction of sp³-hybridized carbons (Fsp3) is 0.273. The lowest BCUT2D eigenvalue weighted by Crippen LogP contribution is -2.38. The van der Waals surface area contributed by atoms with E-state index in [4.69, 9.17) is 14.2 Å². The van der Waals surface area contributed by atoms with Crippen LogP contribution >= 0.6 is 0 Å². The van der Waals surface area contributed by atoms with Crippen molar-refractivity contribution in [1.29, 1.82) is 0 Å². The maximum atomic E-state index is 12.3. The highest BCUT2D eigenvalue weighted by atomic mass is 16.5. The van der Waals surface area contributed by atoms with Gasteiger partial charge in [0, 0.05) is 19.2 Å². The lowest BCUT2D eigenvalue weighted by Gasteiger charge is -2.28. The van der Waals surface area contributed by atoms with Crippen LogP contribution in [-0.2, 0) is 27.3 Å². The molecular weight excluding hydrogens is 358 g/mol. The minimum absolute atomic E-state index is 0.192. The molecule has 0 fully saturated rings. The van der Waals surface area contributed by atoms with E-state index in [1.165, 1.54) is 11.6 Å². The van der Waals surface area contributed by atoms with Crippen LogP contribution in [0.4, 0.5) is 0 Å². The van der Waals surface area contributed by atoms with E-state index in [1.807, 2.05) is 18.2 Å². The van der Waals surface area contributed by atoms with Gasteiger partial charge < -0.3 is 19.1 Å². The molecule has 1 amide bonds. The molecule has 146 valence electrons. The van der Waals surface area contributed by atoms with Crippen molar-refractivity contribution in [3.8, 4) is 11.5 Å². The van der Waals surface area contributed by atoms with Gasteiger partial charge in [0.05, 0.1) is 14.2 Å². The second-order valence-electron chi connectivity index (χ2n) is 6.39.